The molecule has 0 amide bonds. The first kappa shape index (κ1) is 21.8. The maximum atomic E-state index is 14.6. The number of aryl methyl sites for hydroxylation is 1. The number of hydrogen-bond acceptors (Lipinski definition) is 5. The molecule has 2 heterocycles. The van der Waals surface area contributed by atoms with Crippen LogP contribution in [0.1, 0.15) is 43.0 Å². The van der Waals surface area contributed by atoms with Crippen molar-refractivity contribution >= 4 is 30.5 Å². The quantitative estimate of drug-likeness (QED) is 0.610. The summed E-state index contributed by atoms with van der Waals surface area (Å²) in [6.07, 6.45) is 6.21. The van der Waals surface area contributed by atoms with Crippen molar-refractivity contribution in [2.45, 2.75) is 43.5 Å². The molecular weight excluding hydrogens is 417 g/mol. The topological polar surface area (TPSA) is 75.4 Å². The Labute approximate surface area is 186 Å². The van der Waals surface area contributed by atoms with Crippen LogP contribution >= 0.6 is 12.6 Å². The lowest BCUT2D eigenvalue weighted by atomic mass is 9.93. The van der Waals surface area contributed by atoms with E-state index >= 15 is 0 Å². The lowest BCUT2D eigenvalue weighted by Crippen LogP contribution is -2.42. The van der Waals surface area contributed by atoms with Crippen molar-refractivity contribution in [1.29, 1.82) is 0 Å². The van der Waals surface area contributed by atoms with Gasteiger partial charge in [-0.3, -0.25) is 19.2 Å². The maximum absolute atomic E-state index is 14.6. The summed E-state index contributed by atoms with van der Waals surface area (Å²) in [7, 11) is 0. The van der Waals surface area contributed by atoms with Gasteiger partial charge in [-0.1, -0.05) is 18.2 Å². The highest BCUT2D eigenvalue weighted by Crippen LogP contribution is 2.39. The second kappa shape index (κ2) is 9.36. The number of carboxylic acid groups (broad SMARTS) is 1. The summed E-state index contributed by atoms with van der Waals surface area (Å²) in [5, 5.41) is 13.3. The Bertz CT molecular complexity index is 1000. The third kappa shape index (κ3) is 5.25. The highest BCUT2D eigenvalue weighted by molar-refractivity contribution is 7.81. The molecule has 1 N–H and O–H groups in total. The van der Waals surface area contributed by atoms with Crippen LogP contribution in [0.3, 0.4) is 0 Å². The zero-order chi connectivity index (χ0) is 22.0. The van der Waals surface area contributed by atoms with Crippen LogP contribution in [0.2, 0.25) is 0 Å². The number of piperidine rings is 1. The summed E-state index contributed by atoms with van der Waals surface area (Å²) >= 11 is 4.72. The van der Waals surface area contributed by atoms with Crippen molar-refractivity contribution in [3.63, 3.8) is 0 Å². The third-order valence-electron chi connectivity index (χ3n) is 5.87. The van der Waals surface area contributed by atoms with Crippen molar-refractivity contribution in [3.05, 3.63) is 59.2 Å². The Morgan fingerprint density at radius 3 is 2.74 bits per heavy atom. The minimum absolute atomic E-state index is 0.00819. The molecule has 1 aromatic carbocycles. The molecule has 0 bridgehead atoms. The Balaban J connectivity index is 1.56. The summed E-state index contributed by atoms with van der Waals surface area (Å²) in [5.74, 6) is -1.10. The average molecular weight is 444 g/mol. The van der Waals surface area contributed by atoms with Crippen molar-refractivity contribution in [2.75, 3.05) is 13.1 Å². The predicted molar refractivity (Wildman–Crippen MR) is 118 cm³/mol. The van der Waals surface area contributed by atoms with Crippen LogP contribution in [0.4, 0.5) is 4.39 Å². The number of carboxylic acids is 1. The number of hydrogen-bond donors (Lipinski definition) is 2. The number of thiol groups is 1. The molecule has 31 heavy (non-hydrogen) atoms. The summed E-state index contributed by atoms with van der Waals surface area (Å²) in [4.78, 5) is 25.9. The molecule has 2 atom stereocenters. The van der Waals surface area contributed by atoms with Crippen LogP contribution in [-0.4, -0.2) is 49.9 Å². The molecular formula is C23H26FN3O3S. The largest absolute Gasteiger partial charge is 0.481 e. The fourth-order valence-corrected chi connectivity index (χ4v) is 4.32. The monoisotopic (exact) mass is 443 g/mol. The summed E-state index contributed by atoms with van der Waals surface area (Å²) in [6, 6.07) is 7.78. The van der Waals surface area contributed by atoms with Crippen LogP contribution in [0.15, 0.2) is 42.1 Å². The number of benzene rings is 1. The van der Waals surface area contributed by atoms with Gasteiger partial charge < -0.3 is 5.11 Å². The highest BCUT2D eigenvalue weighted by atomic mass is 32.1. The van der Waals surface area contributed by atoms with E-state index in [-0.39, 0.29) is 29.2 Å². The molecule has 1 unspecified atom stereocenters. The average Bonchev–Trinajstić information content (AvgIpc) is 3.50. The van der Waals surface area contributed by atoms with E-state index in [0.29, 0.717) is 25.2 Å². The Morgan fingerprint density at radius 2 is 2.03 bits per heavy atom. The van der Waals surface area contributed by atoms with Gasteiger partial charge in [0.05, 0.1) is 24.7 Å². The minimum atomic E-state index is -0.867. The van der Waals surface area contributed by atoms with E-state index in [0.717, 1.165) is 30.5 Å². The van der Waals surface area contributed by atoms with E-state index in [2.05, 4.69) is 10.00 Å². The van der Waals surface area contributed by atoms with Gasteiger partial charge in [-0.05, 0) is 43.0 Å². The molecule has 164 valence electrons. The zero-order valence-electron chi connectivity index (χ0n) is 17.2. The first-order valence-electron chi connectivity index (χ1n) is 10.6. The van der Waals surface area contributed by atoms with Crippen LogP contribution in [0.25, 0.3) is 6.08 Å². The normalized spacial score (nSPS) is 21.9. The number of Topliss-reactive ketones (excluding diaryl/α,β-unsaturated/α-hetero) is 1. The number of aromatic nitrogens is 2. The van der Waals surface area contributed by atoms with Crippen LogP contribution < -0.4 is 0 Å². The van der Waals surface area contributed by atoms with E-state index in [9.17, 15) is 14.0 Å². The maximum Gasteiger partial charge on any atom is 0.305 e. The number of halogens is 1. The molecule has 1 aromatic heterocycles. The standard InChI is InChI=1S/C23H26FN3O3S/c24-19-4-2-1-3-18(19)22(23(30)15-5-6-15)26-10-8-20(31)16(14-26)13-17-7-11-27(25-17)12-9-21(28)29/h1-4,7,11,13,15,20,22,31H,5-6,8-10,12,14H2,(H,28,29)/t20-,22?/m1/s1. The molecule has 2 aromatic rings. The number of carbonyl (C=O) groups is 2. The van der Waals surface area contributed by atoms with Gasteiger partial charge >= 0.3 is 5.97 Å². The molecule has 4 rings (SSSR count). The van der Waals surface area contributed by atoms with Crippen LogP contribution in [-0.2, 0) is 16.1 Å². The first-order valence-corrected chi connectivity index (χ1v) is 11.1. The Kier molecular flexibility index (Phi) is 6.57. The van der Waals surface area contributed by atoms with Gasteiger partial charge in [-0.25, -0.2) is 4.39 Å². The number of rotatable bonds is 8. The summed E-state index contributed by atoms with van der Waals surface area (Å²) < 4.78 is 16.2. The molecule has 2 fully saturated rings. The Morgan fingerprint density at radius 1 is 1.26 bits per heavy atom. The first-order chi connectivity index (χ1) is 14.9. The number of nitrogens with zero attached hydrogens (tertiary/aromatic N) is 3. The van der Waals surface area contributed by atoms with E-state index in [1.54, 1.807) is 29.1 Å². The lowest BCUT2D eigenvalue weighted by molar-refractivity contribution is -0.137. The van der Waals surface area contributed by atoms with Crippen molar-refractivity contribution in [1.82, 2.24) is 14.7 Å². The highest BCUT2D eigenvalue weighted by Gasteiger charge is 2.40. The number of aliphatic carboxylic acids is 1. The van der Waals surface area contributed by atoms with Gasteiger partial charge in [0, 0.05) is 36.0 Å². The van der Waals surface area contributed by atoms with E-state index in [4.69, 9.17) is 17.7 Å². The molecule has 0 radical (unpaired) electrons. The van der Waals surface area contributed by atoms with Gasteiger partial charge in [0.25, 0.3) is 0 Å². The third-order valence-corrected chi connectivity index (χ3v) is 6.46. The molecule has 1 aliphatic heterocycles. The van der Waals surface area contributed by atoms with Crippen molar-refractivity contribution < 1.29 is 19.1 Å². The second-order valence-electron chi connectivity index (χ2n) is 8.24. The molecule has 6 nitrogen and oxygen atoms in total. The SMILES string of the molecule is O=C(O)CCn1ccc(C=C2CN(C(C(=O)C3CC3)c3ccccc3F)CC[C@H]2S)n1. The fourth-order valence-electron chi connectivity index (χ4n) is 4.05. The van der Waals surface area contributed by atoms with Gasteiger partial charge in [0.15, 0.2) is 5.78 Å². The van der Waals surface area contributed by atoms with Gasteiger partial charge in [-0.2, -0.15) is 17.7 Å². The van der Waals surface area contributed by atoms with Crippen LogP contribution in [0.5, 0.6) is 0 Å². The fraction of sp³-hybridized carbons (Fsp3) is 0.435. The molecule has 8 heteroatoms. The molecule has 0 spiro atoms. The van der Waals surface area contributed by atoms with Crippen LogP contribution in [0, 0.1) is 11.7 Å². The molecule has 1 saturated heterocycles. The van der Waals surface area contributed by atoms with Gasteiger partial charge in [-0.15, -0.1) is 0 Å². The number of carbonyl (C=O) groups excluding carboxylic acids is 1. The van der Waals surface area contributed by atoms with E-state index in [1.165, 1.54) is 6.07 Å². The molecule has 1 saturated carbocycles. The van der Waals surface area contributed by atoms with Gasteiger partial charge in [0.2, 0.25) is 0 Å². The molecule has 1 aliphatic carbocycles. The smallest absolute Gasteiger partial charge is 0.305 e. The van der Waals surface area contributed by atoms with Crippen molar-refractivity contribution in [3.8, 4) is 0 Å². The predicted octanol–water partition coefficient (Wildman–Crippen LogP) is 3.60. The van der Waals surface area contributed by atoms with Gasteiger partial charge in [0.1, 0.15) is 5.82 Å². The minimum Gasteiger partial charge on any atom is -0.481 e. The van der Waals surface area contributed by atoms with E-state index in [1.807, 2.05) is 12.1 Å². The Hall–Kier alpha value is -2.45. The summed E-state index contributed by atoms with van der Waals surface area (Å²) in [6.45, 7) is 1.48. The van der Waals surface area contributed by atoms with E-state index < -0.39 is 12.0 Å². The van der Waals surface area contributed by atoms with Crippen molar-refractivity contribution in [2.24, 2.45) is 5.92 Å². The number of likely N-dealkylation sites (tertiary alicyclic amines) is 1. The summed E-state index contributed by atoms with van der Waals surface area (Å²) in [5.41, 5.74) is 2.18. The number of ketones is 1. The molecule has 2 aliphatic rings. The second-order valence-corrected chi connectivity index (χ2v) is 8.87. The lowest BCUT2D eigenvalue weighted by Gasteiger charge is -2.37. The zero-order valence-corrected chi connectivity index (χ0v) is 18.0.